The molecule has 2 N–H and O–H groups in total. The monoisotopic (exact) mass is 349 g/mol. The Bertz CT molecular complexity index is 975. The van der Waals surface area contributed by atoms with Crippen molar-refractivity contribution < 1.29 is 4.79 Å². The van der Waals surface area contributed by atoms with Crippen LogP contribution in [0.1, 0.15) is 11.4 Å². The summed E-state index contributed by atoms with van der Waals surface area (Å²) in [6.45, 7) is 0.465. The van der Waals surface area contributed by atoms with Gasteiger partial charge in [0.1, 0.15) is 0 Å². The second-order valence-corrected chi connectivity index (χ2v) is 6.41. The maximum atomic E-state index is 12.2. The fourth-order valence-electron chi connectivity index (χ4n) is 2.55. The van der Waals surface area contributed by atoms with Crippen molar-refractivity contribution in [1.29, 1.82) is 0 Å². The van der Waals surface area contributed by atoms with Gasteiger partial charge >= 0.3 is 0 Å². The van der Waals surface area contributed by atoms with Crippen molar-refractivity contribution in [2.75, 3.05) is 0 Å². The first-order chi connectivity index (χ1) is 12.3. The summed E-state index contributed by atoms with van der Waals surface area (Å²) < 4.78 is 0. The Morgan fingerprint density at radius 3 is 2.84 bits per heavy atom. The zero-order chi connectivity index (χ0) is 17.1. The lowest BCUT2D eigenvalue weighted by atomic mass is 10.2. The molecule has 0 atom stereocenters. The van der Waals surface area contributed by atoms with Crippen LogP contribution in [0.3, 0.4) is 0 Å². The van der Waals surface area contributed by atoms with E-state index in [1.807, 2.05) is 35.7 Å². The first-order valence-corrected chi connectivity index (χ1v) is 8.71. The van der Waals surface area contributed by atoms with Gasteiger partial charge in [-0.3, -0.25) is 4.79 Å². The number of H-pyrrole nitrogens is 1. The highest BCUT2D eigenvalue weighted by Gasteiger charge is 2.10. The SMILES string of the molecule is O=C(Cc1csc(-c2ncccn2)n1)NCc1cc2ccccc2[nH]1. The molecule has 25 heavy (non-hydrogen) atoms. The highest BCUT2D eigenvalue weighted by atomic mass is 32.1. The lowest BCUT2D eigenvalue weighted by Gasteiger charge is -2.02. The molecule has 0 radical (unpaired) electrons. The first kappa shape index (κ1) is 15.5. The van der Waals surface area contributed by atoms with Gasteiger partial charge in [-0.25, -0.2) is 15.0 Å². The molecule has 3 heterocycles. The van der Waals surface area contributed by atoms with Gasteiger partial charge in [0.05, 0.1) is 18.7 Å². The number of rotatable bonds is 5. The molecule has 124 valence electrons. The van der Waals surface area contributed by atoms with Crippen molar-refractivity contribution in [1.82, 2.24) is 25.3 Å². The normalized spacial score (nSPS) is 10.9. The van der Waals surface area contributed by atoms with Crippen LogP contribution >= 0.6 is 11.3 Å². The van der Waals surface area contributed by atoms with Crippen molar-refractivity contribution in [2.45, 2.75) is 13.0 Å². The third kappa shape index (κ3) is 3.56. The molecule has 0 bridgehead atoms. The summed E-state index contributed by atoms with van der Waals surface area (Å²) in [6, 6.07) is 11.8. The molecular formula is C18H15N5OS. The van der Waals surface area contributed by atoms with E-state index in [-0.39, 0.29) is 12.3 Å². The van der Waals surface area contributed by atoms with E-state index in [9.17, 15) is 4.79 Å². The molecule has 0 unspecified atom stereocenters. The van der Waals surface area contributed by atoms with Gasteiger partial charge in [-0.15, -0.1) is 11.3 Å². The maximum absolute atomic E-state index is 12.2. The van der Waals surface area contributed by atoms with Crippen LogP contribution in [0.2, 0.25) is 0 Å². The van der Waals surface area contributed by atoms with Crippen LogP contribution in [0.5, 0.6) is 0 Å². The molecule has 3 aromatic heterocycles. The van der Waals surface area contributed by atoms with Crippen LogP contribution in [0.25, 0.3) is 21.7 Å². The molecule has 4 aromatic rings. The molecular weight excluding hydrogens is 334 g/mol. The van der Waals surface area contributed by atoms with Gasteiger partial charge in [-0.05, 0) is 23.6 Å². The number of nitrogens with zero attached hydrogens (tertiary/aromatic N) is 3. The number of carbonyl (C=O) groups is 1. The average molecular weight is 349 g/mol. The number of nitrogens with one attached hydrogen (secondary N) is 2. The molecule has 0 saturated heterocycles. The predicted molar refractivity (Wildman–Crippen MR) is 97.0 cm³/mol. The highest BCUT2D eigenvalue weighted by Crippen LogP contribution is 2.19. The van der Waals surface area contributed by atoms with Crippen LogP contribution in [0.4, 0.5) is 0 Å². The number of hydrogen-bond acceptors (Lipinski definition) is 5. The molecule has 0 aliphatic heterocycles. The van der Waals surface area contributed by atoms with Crippen LogP contribution < -0.4 is 5.32 Å². The first-order valence-electron chi connectivity index (χ1n) is 7.83. The third-order valence-electron chi connectivity index (χ3n) is 3.71. The number of carbonyl (C=O) groups excluding carboxylic acids is 1. The molecule has 6 nitrogen and oxygen atoms in total. The number of benzene rings is 1. The van der Waals surface area contributed by atoms with E-state index in [1.165, 1.54) is 11.3 Å². The second kappa shape index (κ2) is 6.82. The molecule has 0 fully saturated rings. The maximum Gasteiger partial charge on any atom is 0.226 e. The number of aromatic nitrogens is 4. The number of thiazole rings is 1. The fourth-order valence-corrected chi connectivity index (χ4v) is 3.31. The smallest absolute Gasteiger partial charge is 0.226 e. The van der Waals surface area contributed by atoms with E-state index in [0.717, 1.165) is 27.3 Å². The van der Waals surface area contributed by atoms with Crippen LogP contribution in [0.15, 0.2) is 54.2 Å². The summed E-state index contributed by atoms with van der Waals surface area (Å²) in [5.74, 6) is 0.515. The van der Waals surface area contributed by atoms with E-state index in [1.54, 1.807) is 18.5 Å². The van der Waals surface area contributed by atoms with Crippen LogP contribution in [0, 0.1) is 0 Å². The lowest BCUT2D eigenvalue weighted by Crippen LogP contribution is -2.24. The third-order valence-corrected chi connectivity index (χ3v) is 4.60. The van der Waals surface area contributed by atoms with Gasteiger partial charge in [0, 0.05) is 29.0 Å². The number of aromatic amines is 1. The lowest BCUT2D eigenvalue weighted by molar-refractivity contribution is -0.120. The van der Waals surface area contributed by atoms with Crippen molar-refractivity contribution in [2.24, 2.45) is 0 Å². The van der Waals surface area contributed by atoms with Gasteiger partial charge in [-0.2, -0.15) is 0 Å². The van der Waals surface area contributed by atoms with E-state index in [0.29, 0.717) is 12.4 Å². The highest BCUT2D eigenvalue weighted by molar-refractivity contribution is 7.13. The molecule has 7 heteroatoms. The molecule has 4 rings (SSSR count). The van der Waals surface area contributed by atoms with E-state index >= 15 is 0 Å². The largest absolute Gasteiger partial charge is 0.357 e. The Morgan fingerprint density at radius 1 is 1.16 bits per heavy atom. The van der Waals surface area contributed by atoms with Gasteiger partial charge in [0.25, 0.3) is 0 Å². The van der Waals surface area contributed by atoms with Crippen molar-refractivity contribution in [3.8, 4) is 10.8 Å². The number of para-hydroxylation sites is 1. The Morgan fingerprint density at radius 2 is 2.00 bits per heavy atom. The number of hydrogen-bond donors (Lipinski definition) is 2. The van der Waals surface area contributed by atoms with Crippen LogP contribution in [-0.2, 0) is 17.8 Å². The molecule has 1 aromatic carbocycles. The minimum absolute atomic E-state index is 0.0653. The van der Waals surface area contributed by atoms with Gasteiger partial charge in [-0.1, -0.05) is 18.2 Å². The minimum atomic E-state index is -0.0653. The van der Waals surface area contributed by atoms with Gasteiger partial charge in [0.15, 0.2) is 10.8 Å². The zero-order valence-corrected chi connectivity index (χ0v) is 14.1. The van der Waals surface area contributed by atoms with Gasteiger partial charge in [0.2, 0.25) is 5.91 Å². The predicted octanol–water partition coefficient (Wildman–Crippen LogP) is 2.94. The summed E-state index contributed by atoms with van der Waals surface area (Å²) >= 11 is 1.44. The van der Waals surface area contributed by atoms with Crippen molar-refractivity contribution in [3.05, 3.63) is 65.6 Å². The van der Waals surface area contributed by atoms with E-state index in [4.69, 9.17) is 0 Å². The molecule has 1 amide bonds. The fraction of sp³-hybridized carbons (Fsp3) is 0.111. The van der Waals surface area contributed by atoms with Crippen LogP contribution in [-0.4, -0.2) is 25.8 Å². The van der Waals surface area contributed by atoms with Crippen molar-refractivity contribution in [3.63, 3.8) is 0 Å². The summed E-state index contributed by atoms with van der Waals surface area (Å²) in [6.07, 6.45) is 3.59. The Hall–Kier alpha value is -3.06. The number of fused-ring (bicyclic) bond motifs is 1. The van der Waals surface area contributed by atoms with E-state index < -0.39 is 0 Å². The van der Waals surface area contributed by atoms with Gasteiger partial charge < -0.3 is 10.3 Å². The summed E-state index contributed by atoms with van der Waals surface area (Å²) in [4.78, 5) is 28.2. The van der Waals surface area contributed by atoms with E-state index in [2.05, 4.69) is 25.3 Å². The Labute approximate surface area is 148 Å². The average Bonchev–Trinajstić information content (AvgIpc) is 3.27. The standard InChI is InChI=1S/C18H15N5OS/c24-16(21-10-13-8-12-4-1-2-5-15(12)22-13)9-14-11-25-18(23-14)17-19-6-3-7-20-17/h1-8,11,22H,9-10H2,(H,21,24). The Balaban J connectivity index is 1.37. The molecule has 0 saturated carbocycles. The summed E-state index contributed by atoms with van der Waals surface area (Å²) in [5, 5.41) is 6.65. The molecule has 0 aliphatic rings. The Kier molecular flexibility index (Phi) is 4.22. The quantitative estimate of drug-likeness (QED) is 0.580. The zero-order valence-electron chi connectivity index (χ0n) is 13.3. The minimum Gasteiger partial charge on any atom is -0.357 e. The topological polar surface area (TPSA) is 83.6 Å². The summed E-state index contributed by atoms with van der Waals surface area (Å²) in [5.41, 5.74) is 2.77. The molecule has 0 spiro atoms. The molecule has 0 aliphatic carbocycles. The number of amides is 1. The van der Waals surface area contributed by atoms with Crippen molar-refractivity contribution >= 4 is 28.1 Å². The summed E-state index contributed by atoms with van der Waals surface area (Å²) in [7, 11) is 0. The second-order valence-electron chi connectivity index (χ2n) is 5.55.